The van der Waals surface area contributed by atoms with Crippen molar-refractivity contribution in [2.75, 3.05) is 12.4 Å². The number of likely N-dealkylation sites (tertiary alicyclic amines) is 1. The second-order valence-electron chi connectivity index (χ2n) is 4.11. The van der Waals surface area contributed by atoms with Crippen LogP contribution in [-0.2, 0) is 0 Å². The van der Waals surface area contributed by atoms with Crippen LogP contribution in [0.3, 0.4) is 0 Å². The van der Waals surface area contributed by atoms with E-state index >= 15 is 0 Å². The molecule has 1 heterocycles. The molecule has 1 unspecified atom stereocenters. The summed E-state index contributed by atoms with van der Waals surface area (Å²) in [5, 5.41) is 0. The average Bonchev–Trinajstić information content (AvgIpc) is 2.74. The predicted octanol–water partition coefficient (Wildman–Crippen LogP) is 4.06. The molecule has 1 saturated heterocycles. The summed E-state index contributed by atoms with van der Waals surface area (Å²) >= 11 is 12.7. The van der Waals surface area contributed by atoms with Crippen molar-refractivity contribution in [3.05, 3.63) is 32.7 Å². The molecular formula is C12H12Br2ClNO. The van der Waals surface area contributed by atoms with Crippen molar-refractivity contribution < 1.29 is 4.79 Å². The van der Waals surface area contributed by atoms with Gasteiger partial charge in [-0.05, 0) is 31.0 Å². The molecule has 0 N–H and O–H groups in total. The van der Waals surface area contributed by atoms with Gasteiger partial charge in [0.25, 0.3) is 5.91 Å². The normalized spacial score (nSPS) is 19.7. The number of alkyl halides is 1. The Morgan fingerprint density at radius 2 is 2.00 bits per heavy atom. The average molecular weight is 381 g/mol. The molecule has 17 heavy (non-hydrogen) atoms. The summed E-state index contributed by atoms with van der Waals surface area (Å²) in [7, 11) is 0. The zero-order valence-electron chi connectivity index (χ0n) is 9.13. The zero-order chi connectivity index (χ0) is 12.4. The molecule has 0 saturated carbocycles. The van der Waals surface area contributed by atoms with Gasteiger partial charge in [-0.2, -0.15) is 0 Å². The summed E-state index contributed by atoms with van der Waals surface area (Å²) in [5.74, 6) is 0.580. The van der Waals surface area contributed by atoms with Crippen LogP contribution in [0.15, 0.2) is 27.1 Å². The fourth-order valence-electron chi connectivity index (χ4n) is 2.11. The van der Waals surface area contributed by atoms with Crippen molar-refractivity contribution in [2.24, 2.45) is 0 Å². The van der Waals surface area contributed by atoms with Crippen LogP contribution in [0.5, 0.6) is 0 Å². The number of amides is 1. The van der Waals surface area contributed by atoms with Crippen molar-refractivity contribution >= 4 is 49.4 Å². The number of carbonyl (C=O) groups is 1. The Labute approximate surface area is 123 Å². The Kier molecular flexibility index (Phi) is 4.50. The van der Waals surface area contributed by atoms with Gasteiger partial charge < -0.3 is 4.90 Å². The molecule has 0 spiro atoms. The lowest BCUT2D eigenvalue weighted by atomic mass is 10.2. The predicted molar refractivity (Wildman–Crippen MR) is 76.6 cm³/mol. The first kappa shape index (κ1) is 13.4. The first-order chi connectivity index (χ1) is 8.11. The second kappa shape index (κ2) is 5.72. The van der Waals surface area contributed by atoms with Crippen molar-refractivity contribution in [3.8, 4) is 0 Å². The lowest BCUT2D eigenvalue weighted by Crippen LogP contribution is -2.36. The number of rotatable bonds is 2. The largest absolute Gasteiger partial charge is 0.334 e. The van der Waals surface area contributed by atoms with Gasteiger partial charge in [0.05, 0.1) is 0 Å². The van der Waals surface area contributed by atoms with Gasteiger partial charge >= 0.3 is 0 Å². The first-order valence-corrected chi connectivity index (χ1v) is 7.57. The summed E-state index contributed by atoms with van der Waals surface area (Å²) in [5.41, 5.74) is 0.697. The maximum atomic E-state index is 12.3. The summed E-state index contributed by atoms with van der Waals surface area (Å²) < 4.78 is 1.80. The highest BCUT2D eigenvalue weighted by molar-refractivity contribution is 9.11. The Morgan fingerprint density at radius 3 is 2.59 bits per heavy atom. The number of benzene rings is 1. The third-order valence-corrected chi connectivity index (χ3v) is 4.20. The van der Waals surface area contributed by atoms with Crippen LogP contribution in [0.2, 0.25) is 0 Å². The summed E-state index contributed by atoms with van der Waals surface area (Å²) in [4.78, 5) is 14.2. The van der Waals surface area contributed by atoms with E-state index in [0.717, 1.165) is 28.3 Å². The van der Waals surface area contributed by atoms with Crippen LogP contribution in [0.4, 0.5) is 0 Å². The van der Waals surface area contributed by atoms with Gasteiger partial charge in [0, 0.05) is 33.0 Å². The molecule has 2 rings (SSSR count). The van der Waals surface area contributed by atoms with Crippen LogP contribution >= 0.6 is 43.5 Å². The Hall–Kier alpha value is -0.0600. The highest BCUT2D eigenvalue weighted by Crippen LogP contribution is 2.25. The molecule has 1 aliphatic rings. The highest BCUT2D eigenvalue weighted by Gasteiger charge is 2.28. The van der Waals surface area contributed by atoms with Crippen LogP contribution in [0, 0.1) is 0 Å². The number of hydrogen-bond donors (Lipinski definition) is 0. The van der Waals surface area contributed by atoms with E-state index in [1.165, 1.54) is 0 Å². The Bertz CT molecular complexity index is 418. The van der Waals surface area contributed by atoms with E-state index in [1.807, 2.05) is 23.1 Å². The van der Waals surface area contributed by atoms with E-state index in [0.29, 0.717) is 11.4 Å². The summed E-state index contributed by atoms with van der Waals surface area (Å²) in [6.45, 7) is 0.806. The van der Waals surface area contributed by atoms with Crippen molar-refractivity contribution in [1.29, 1.82) is 0 Å². The summed E-state index contributed by atoms with van der Waals surface area (Å²) in [6.07, 6.45) is 2.04. The van der Waals surface area contributed by atoms with Gasteiger partial charge in [-0.3, -0.25) is 4.79 Å². The molecule has 1 fully saturated rings. The topological polar surface area (TPSA) is 20.3 Å². The summed E-state index contributed by atoms with van der Waals surface area (Å²) in [6, 6.07) is 5.79. The quantitative estimate of drug-likeness (QED) is 0.708. The minimum Gasteiger partial charge on any atom is -0.334 e. The smallest absolute Gasteiger partial charge is 0.254 e. The van der Waals surface area contributed by atoms with Crippen LogP contribution in [0.1, 0.15) is 23.2 Å². The van der Waals surface area contributed by atoms with E-state index in [1.54, 1.807) is 0 Å². The molecule has 92 valence electrons. The van der Waals surface area contributed by atoms with E-state index < -0.39 is 0 Å². The van der Waals surface area contributed by atoms with Gasteiger partial charge in [0.1, 0.15) is 0 Å². The third-order valence-electron chi connectivity index (χ3n) is 2.93. The molecule has 0 radical (unpaired) electrons. The highest BCUT2D eigenvalue weighted by atomic mass is 79.9. The zero-order valence-corrected chi connectivity index (χ0v) is 13.1. The third kappa shape index (κ3) is 3.04. The van der Waals surface area contributed by atoms with E-state index in [2.05, 4.69) is 31.9 Å². The standard InChI is InChI=1S/C12H12Br2ClNO/c13-9-4-8(5-10(14)6-9)12(17)16-3-1-2-11(16)7-15/h4-6,11H,1-3,7H2. The molecule has 0 bridgehead atoms. The van der Waals surface area contributed by atoms with Gasteiger partial charge in [0.2, 0.25) is 0 Å². The minimum absolute atomic E-state index is 0.0650. The molecule has 1 aromatic carbocycles. The fraction of sp³-hybridized carbons (Fsp3) is 0.417. The molecule has 0 aromatic heterocycles. The molecule has 1 amide bonds. The SMILES string of the molecule is O=C(c1cc(Br)cc(Br)c1)N1CCCC1CCl. The lowest BCUT2D eigenvalue weighted by Gasteiger charge is -2.23. The fourth-order valence-corrected chi connectivity index (χ4v) is 3.72. The van der Waals surface area contributed by atoms with Gasteiger partial charge in [-0.1, -0.05) is 31.9 Å². The number of hydrogen-bond acceptors (Lipinski definition) is 1. The van der Waals surface area contributed by atoms with E-state index in [9.17, 15) is 4.79 Å². The van der Waals surface area contributed by atoms with Gasteiger partial charge in [0.15, 0.2) is 0 Å². The number of nitrogens with zero attached hydrogens (tertiary/aromatic N) is 1. The number of carbonyl (C=O) groups excluding carboxylic acids is 1. The molecular weight excluding hydrogens is 369 g/mol. The maximum absolute atomic E-state index is 12.3. The molecule has 1 aromatic rings. The number of halogens is 3. The molecule has 1 atom stereocenters. The first-order valence-electron chi connectivity index (χ1n) is 5.45. The van der Waals surface area contributed by atoms with Crippen molar-refractivity contribution in [3.63, 3.8) is 0 Å². The van der Waals surface area contributed by atoms with Crippen molar-refractivity contribution in [2.45, 2.75) is 18.9 Å². The molecule has 2 nitrogen and oxygen atoms in total. The molecule has 5 heteroatoms. The molecule has 1 aliphatic heterocycles. The van der Waals surface area contributed by atoms with Crippen molar-refractivity contribution in [1.82, 2.24) is 4.90 Å². The van der Waals surface area contributed by atoms with E-state index in [-0.39, 0.29) is 11.9 Å². The minimum atomic E-state index is 0.0650. The van der Waals surface area contributed by atoms with Crippen LogP contribution in [0.25, 0.3) is 0 Å². The lowest BCUT2D eigenvalue weighted by molar-refractivity contribution is 0.0749. The van der Waals surface area contributed by atoms with Crippen LogP contribution in [-0.4, -0.2) is 29.3 Å². The van der Waals surface area contributed by atoms with E-state index in [4.69, 9.17) is 11.6 Å². The van der Waals surface area contributed by atoms with Gasteiger partial charge in [-0.15, -0.1) is 11.6 Å². The Balaban J connectivity index is 2.24. The molecule has 0 aliphatic carbocycles. The Morgan fingerprint density at radius 1 is 1.35 bits per heavy atom. The van der Waals surface area contributed by atoms with Crippen LogP contribution < -0.4 is 0 Å². The monoisotopic (exact) mass is 379 g/mol. The maximum Gasteiger partial charge on any atom is 0.254 e. The van der Waals surface area contributed by atoms with Gasteiger partial charge in [-0.25, -0.2) is 0 Å². The second-order valence-corrected chi connectivity index (χ2v) is 6.25.